The molecule has 6 nitrogen and oxygen atoms in total. The zero-order valence-electron chi connectivity index (χ0n) is 15.1. The average Bonchev–Trinajstić information content (AvgIpc) is 3.10. The molecule has 1 N–H and O–H groups in total. The highest BCUT2D eigenvalue weighted by atomic mass is 19.2. The summed E-state index contributed by atoms with van der Waals surface area (Å²) in [5.41, 5.74) is 0.889. The van der Waals surface area contributed by atoms with Gasteiger partial charge in [0.25, 0.3) is 5.91 Å². The summed E-state index contributed by atoms with van der Waals surface area (Å²) in [7, 11) is 1.73. The van der Waals surface area contributed by atoms with Crippen molar-refractivity contribution in [2.24, 2.45) is 7.05 Å². The second-order valence-corrected chi connectivity index (χ2v) is 6.09. The van der Waals surface area contributed by atoms with Crippen LogP contribution in [0, 0.1) is 11.6 Å². The normalized spacial score (nSPS) is 11.7. The number of rotatable bonds is 6. The molecule has 0 bridgehead atoms. The van der Waals surface area contributed by atoms with E-state index >= 15 is 0 Å². The van der Waals surface area contributed by atoms with Crippen molar-refractivity contribution in [1.82, 2.24) is 9.55 Å². The lowest BCUT2D eigenvalue weighted by Crippen LogP contribution is -2.30. The molecule has 1 unspecified atom stereocenters. The summed E-state index contributed by atoms with van der Waals surface area (Å²) >= 11 is 0. The molecule has 0 saturated heterocycles. The molecule has 3 rings (SSSR count). The fraction of sp³-hybridized carbons (Fsp3) is 0.150. The van der Waals surface area contributed by atoms with Crippen LogP contribution in [0.2, 0.25) is 0 Å². The number of hydrogen-bond donors (Lipinski definition) is 1. The Labute approximate surface area is 159 Å². The van der Waals surface area contributed by atoms with Crippen LogP contribution in [0.15, 0.2) is 54.9 Å². The van der Waals surface area contributed by atoms with Crippen LogP contribution in [-0.4, -0.2) is 27.3 Å². The summed E-state index contributed by atoms with van der Waals surface area (Å²) < 4.78 is 33.1. The lowest BCUT2D eigenvalue weighted by atomic mass is 10.1. The van der Waals surface area contributed by atoms with Crippen LogP contribution >= 0.6 is 0 Å². The molecule has 0 saturated carbocycles. The summed E-state index contributed by atoms with van der Waals surface area (Å²) in [6, 6.07) is 9.35. The molecule has 3 aromatic rings. The predicted octanol–water partition coefficient (Wildman–Crippen LogP) is 3.34. The van der Waals surface area contributed by atoms with Crippen LogP contribution in [0.3, 0.4) is 0 Å². The maximum absolute atomic E-state index is 13.2. The van der Waals surface area contributed by atoms with Gasteiger partial charge in [0.1, 0.15) is 5.75 Å². The highest BCUT2D eigenvalue weighted by Gasteiger charge is 2.17. The van der Waals surface area contributed by atoms with Gasteiger partial charge in [-0.3, -0.25) is 9.59 Å². The Morgan fingerprint density at radius 3 is 2.43 bits per heavy atom. The number of benzene rings is 2. The minimum Gasteiger partial charge on any atom is -0.481 e. The molecule has 0 radical (unpaired) electrons. The van der Waals surface area contributed by atoms with Crippen molar-refractivity contribution in [1.29, 1.82) is 0 Å². The molecule has 0 spiro atoms. The maximum Gasteiger partial charge on any atom is 0.265 e. The number of amides is 1. The third-order valence-corrected chi connectivity index (χ3v) is 4.01. The molecule has 0 aliphatic heterocycles. The number of ketones is 1. The molecule has 1 amide bonds. The van der Waals surface area contributed by atoms with Gasteiger partial charge in [0, 0.05) is 36.8 Å². The topological polar surface area (TPSA) is 73.2 Å². The molecule has 8 heteroatoms. The molecule has 28 heavy (non-hydrogen) atoms. The Bertz CT molecular complexity index is 1020. The van der Waals surface area contributed by atoms with Gasteiger partial charge in [-0.15, -0.1) is 0 Å². The maximum atomic E-state index is 13.2. The summed E-state index contributed by atoms with van der Waals surface area (Å²) in [6.07, 6.45) is 2.27. The number of imidazole rings is 1. The standard InChI is InChI=1S/C20H17F2N3O3/c1-12(28-15-7-8-16(21)17(22)11-15)20(27)24-14-5-3-13(4-6-14)18(26)19-23-9-10-25(19)2/h3-12H,1-2H3,(H,24,27). The third-order valence-electron chi connectivity index (χ3n) is 4.01. The van der Waals surface area contributed by atoms with Crippen molar-refractivity contribution in [3.05, 3.63) is 77.9 Å². The van der Waals surface area contributed by atoms with Gasteiger partial charge in [-0.1, -0.05) is 0 Å². The van der Waals surface area contributed by atoms with E-state index in [1.807, 2.05) is 0 Å². The van der Waals surface area contributed by atoms with Crippen molar-refractivity contribution >= 4 is 17.4 Å². The number of ether oxygens (including phenoxy) is 1. The Hall–Kier alpha value is -3.55. The smallest absolute Gasteiger partial charge is 0.265 e. The number of nitrogens with one attached hydrogen (secondary N) is 1. The number of aromatic nitrogens is 2. The number of nitrogens with zero attached hydrogens (tertiary/aromatic N) is 2. The van der Waals surface area contributed by atoms with Crippen molar-refractivity contribution in [2.45, 2.75) is 13.0 Å². The Morgan fingerprint density at radius 2 is 1.82 bits per heavy atom. The largest absolute Gasteiger partial charge is 0.481 e. The second kappa shape index (κ2) is 7.99. The fourth-order valence-electron chi connectivity index (χ4n) is 2.47. The van der Waals surface area contributed by atoms with Crippen molar-refractivity contribution in [3.8, 4) is 5.75 Å². The second-order valence-electron chi connectivity index (χ2n) is 6.09. The Kier molecular flexibility index (Phi) is 5.49. The quantitative estimate of drug-likeness (QED) is 0.661. The van der Waals surface area contributed by atoms with E-state index in [2.05, 4.69) is 10.3 Å². The summed E-state index contributed by atoms with van der Waals surface area (Å²) in [5.74, 6) is -2.42. The SMILES string of the molecule is CC(Oc1ccc(F)c(F)c1)C(=O)Nc1ccc(C(=O)c2nccn2C)cc1. The minimum atomic E-state index is -1.06. The van der Waals surface area contributed by atoms with E-state index < -0.39 is 23.6 Å². The molecule has 2 aromatic carbocycles. The zero-order chi connectivity index (χ0) is 20.3. The molecule has 1 aromatic heterocycles. The van der Waals surface area contributed by atoms with Gasteiger partial charge in [-0.25, -0.2) is 13.8 Å². The van der Waals surface area contributed by atoms with Gasteiger partial charge >= 0.3 is 0 Å². The van der Waals surface area contributed by atoms with Crippen LogP contribution < -0.4 is 10.1 Å². The van der Waals surface area contributed by atoms with Crippen LogP contribution in [0.1, 0.15) is 23.1 Å². The average molecular weight is 385 g/mol. The van der Waals surface area contributed by atoms with Gasteiger partial charge in [0.05, 0.1) is 0 Å². The lowest BCUT2D eigenvalue weighted by molar-refractivity contribution is -0.122. The summed E-state index contributed by atoms with van der Waals surface area (Å²) in [6.45, 7) is 1.48. The van der Waals surface area contributed by atoms with Crippen LogP contribution in [0.5, 0.6) is 5.75 Å². The van der Waals surface area contributed by atoms with E-state index in [1.165, 1.54) is 19.2 Å². The minimum absolute atomic E-state index is 0.0394. The number of hydrogen-bond acceptors (Lipinski definition) is 4. The van der Waals surface area contributed by atoms with Gasteiger partial charge in [0.15, 0.2) is 23.6 Å². The van der Waals surface area contributed by atoms with E-state index in [0.29, 0.717) is 17.1 Å². The molecular weight excluding hydrogens is 368 g/mol. The number of carbonyl (C=O) groups is 2. The number of aryl methyl sites for hydroxylation is 1. The molecule has 0 aliphatic rings. The molecule has 0 aliphatic carbocycles. The van der Waals surface area contributed by atoms with E-state index in [9.17, 15) is 18.4 Å². The predicted molar refractivity (Wildman–Crippen MR) is 98.2 cm³/mol. The van der Waals surface area contributed by atoms with Crippen LogP contribution in [0.4, 0.5) is 14.5 Å². The Balaban J connectivity index is 1.63. The monoisotopic (exact) mass is 385 g/mol. The van der Waals surface area contributed by atoms with Gasteiger partial charge in [0.2, 0.25) is 5.78 Å². The first kappa shape index (κ1) is 19.2. The van der Waals surface area contributed by atoms with Crippen molar-refractivity contribution in [3.63, 3.8) is 0 Å². The lowest BCUT2D eigenvalue weighted by Gasteiger charge is -2.15. The molecule has 0 fully saturated rings. The van der Waals surface area contributed by atoms with Gasteiger partial charge in [-0.05, 0) is 43.3 Å². The fourth-order valence-corrected chi connectivity index (χ4v) is 2.47. The summed E-state index contributed by atoms with van der Waals surface area (Å²) in [5, 5.41) is 2.64. The van der Waals surface area contributed by atoms with Crippen molar-refractivity contribution in [2.75, 3.05) is 5.32 Å². The first-order chi connectivity index (χ1) is 13.3. The number of carbonyl (C=O) groups excluding carboxylic acids is 2. The highest BCUT2D eigenvalue weighted by molar-refractivity contribution is 6.07. The van der Waals surface area contributed by atoms with Gasteiger partial charge in [-0.2, -0.15) is 0 Å². The van der Waals surface area contributed by atoms with Crippen LogP contribution in [0.25, 0.3) is 0 Å². The number of halogens is 2. The first-order valence-electron chi connectivity index (χ1n) is 8.40. The Morgan fingerprint density at radius 1 is 1.11 bits per heavy atom. The first-order valence-corrected chi connectivity index (χ1v) is 8.40. The third kappa shape index (κ3) is 4.22. The number of anilines is 1. The highest BCUT2D eigenvalue weighted by Crippen LogP contribution is 2.18. The molecular formula is C20H17F2N3O3. The van der Waals surface area contributed by atoms with Gasteiger partial charge < -0.3 is 14.6 Å². The molecule has 1 heterocycles. The van der Waals surface area contributed by atoms with Crippen molar-refractivity contribution < 1.29 is 23.1 Å². The van der Waals surface area contributed by atoms with E-state index in [1.54, 1.807) is 42.1 Å². The van der Waals surface area contributed by atoms with E-state index in [0.717, 1.165) is 12.1 Å². The van der Waals surface area contributed by atoms with Crippen LogP contribution in [-0.2, 0) is 11.8 Å². The molecule has 144 valence electrons. The molecule has 1 atom stereocenters. The summed E-state index contributed by atoms with van der Waals surface area (Å²) in [4.78, 5) is 28.6. The van der Waals surface area contributed by atoms with E-state index in [-0.39, 0.29) is 11.5 Å². The zero-order valence-corrected chi connectivity index (χ0v) is 15.1. The van der Waals surface area contributed by atoms with E-state index in [4.69, 9.17) is 4.74 Å².